The van der Waals surface area contributed by atoms with Crippen molar-refractivity contribution >= 4 is 11.8 Å². The maximum absolute atomic E-state index is 11.5. The van der Waals surface area contributed by atoms with E-state index in [-0.39, 0.29) is 24.8 Å². The first kappa shape index (κ1) is 13.5. The molecule has 0 spiro atoms. The van der Waals surface area contributed by atoms with E-state index in [4.69, 9.17) is 11.6 Å². The van der Waals surface area contributed by atoms with Gasteiger partial charge in [-0.3, -0.25) is 14.8 Å². The van der Waals surface area contributed by atoms with Crippen LogP contribution in [0.5, 0.6) is 0 Å². The molecule has 0 aromatic rings. The van der Waals surface area contributed by atoms with Gasteiger partial charge in [0.15, 0.2) is 0 Å². The van der Waals surface area contributed by atoms with E-state index in [2.05, 4.69) is 11.2 Å². The van der Waals surface area contributed by atoms with Crippen molar-refractivity contribution in [3.05, 3.63) is 0 Å². The zero-order valence-corrected chi connectivity index (χ0v) is 8.91. The van der Waals surface area contributed by atoms with E-state index in [0.29, 0.717) is 0 Å². The molecule has 5 heteroatoms. The van der Waals surface area contributed by atoms with Crippen molar-refractivity contribution < 1.29 is 14.8 Å². The van der Waals surface area contributed by atoms with Gasteiger partial charge in [0, 0.05) is 12.3 Å². The van der Waals surface area contributed by atoms with Gasteiger partial charge in [-0.25, -0.2) is 5.48 Å². The molecule has 0 aliphatic rings. The molecule has 84 valence electrons. The Hall–Kier alpha value is -1.54. The number of hydroxylamine groups is 1. The Labute approximate surface area is 89.2 Å². The number of carbonyl (C=O) groups excluding carboxylic acids is 2. The van der Waals surface area contributed by atoms with Gasteiger partial charge < -0.3 is 5.32 Å². The largest absolute Gasteiger partial charge is 0.345 e. The molecule has 0 aromatic carbocycles. The first-order valence-corrected chi connectivity index (χ1v) is 4.67. The molecule has 0 fully saturated rings. The van der Waals surface area contributed by atoms with E-state index < -0.39 is 11.8 Å². The van der Waals surface area contributed by atoms with Gasteiger partial charge in [0.2, 0.25) is 11.8 Å². The Morgan fingerprint density at radius 2 is 2.07 bits per heavy atom. The molecule has 1 atom stereocenters. The van der Waals surface area contributed by atoms with E-state index in [1.807, 2.05) is 13.8 Å². The smallest absolute Gasteiger partial charge is 0.244 e. The second kappa shape index (κ2) is 6.85. The van der Waals surface area contributed by atoms with Crippen molar-refractivity contribution in [1.82, 2.24) is 10.8 Å². The normalized spacial score (nSPS) is 11.7. The maximum atomic E-state index is 11.5. The third-order valence-corrected chi connectivity index (χ3v) is 2.04. The lowest BCUT2D eigenvalue weighted by Crippen LogP contribution is -2.37. The number of hydrogen-bond donors (Lipinski definition) is 3. The monoisotopic (exact) mass is 212 g/mol. The van der Waals surface area contributed by atoms with Gasteiger partial charge in [0.25, 0.3) is 0 Å². The standard InChI is InChI=1S/C10H16N2O3/c1-4-5-11-10(14)8(7(2)3)6-9(13)12-15/h1,7-8,15H,5-6H2,2-3H3,(H,11,14)(H,12,13). The molecule has 0 aliphatic carbocycles. The number of hydrogen-bond acceptors (Lipinski definition) is 3. The van der Waals surface area contributed by atoms with Gasteiger partial charge >= 0.3 is 0 Å². The summed E-state index contributed by atoms with van der Waals surface area (Å²) in [6.45, 7) is 3.79. The zero-order valence-electron chi connectivity index (χ0n) is 8.91. The van der Waals surface area contributed by atoms with Crippen molar-refractivity contribution in [2.24, 2.45) is 11.8 Å². The minimum Gasteiger partial charge on any atom is -0.345 e. The molecular weight excluding hydrogens is 196 g/mol. The minimum atomic E-state index is -0.579. The van der Waals surface area contributed by atoms with Crippen LogP contribution >= 0.6 is 0 Å². The Morgan fingerprint density at radius 3 is 2.47 bits per heavy atom. The van der Waals surface area contributed by atoms with Crippen molar-refractivity contribution in [1.29, 1.82) is 0 Å². The fraction of sp³-hybridized carbons (Fsp3) is 0.600. The van der Waals surface area contributed by atoms with Crippen molar-refractivity contribution in [3.8, 4) is 12.3 Å². The number of rotatable bonds is 5. The minimum absolute atomic E-state index is 0.0000690. The molecule has 0 bridgehead atoms. The molecule has 0 saturated heterocycles. The van der Waals surface area contributed by atoms with Crippen LogP contribution < -0.4 is 10.8 Å². The van der Waals surface area contributed by atoms with Crippen LogP contribution in [0, 0.1) is 24.2 Å². The van der Waals surface area contributed by atoms with E-state index in [1.165, 1.54) is 5.48 Å². The fourth-order valence-corrected chi connectivity index (χ4v) is 1.15. The first-order valence-electron chi connectivity index (χ1n) is 4.67. The highest BCUT2D eigenvalue weighted by atomic mass is 16.5. The summed E-state index contributed by atoms with van der Waals surface area (Å²) in [7, 11) is 0. The lowest BCUT2D eigenvalue weighted by atomic mass is 9.91. The zero-order chi connectivity index (χ0) is 11.8. The first-order chi connectivity index (χ1) is 7.02. The third-order valence-electron chi connectivity index (χ3n) is 2.04. The summed E-state index contributed by atoms with van der Waals surface area (Å²) < 4.78 is 0. The van der Waals surface area contributed by atoms with E-state index in [9.17, 15) is 9.59 Å². The number of carbonyl (C=O) groups is 2. The van der Waals surface area contributed by atoms with Gasteiger partial charge in [0.1, 0.15) is 0 Å². The van der Waals surface area contributed by atoms with Crippen molar-refractivity contribution in [2.75, 3.05) is 6.54 Å². The topological polar surface area (TPSA) is 78.4 Å². The Kier molecular flexibility index (Phi) is 6.14. The number of amides is 2. The van der Waals surface area contributed by atoms with E-state index >= 15 is 0 Å². The molecule has 0 rings (SSSR count). The number of terminal acetylenes is 1. The summed E-state index contributed by atoms with van der Waals surface area (Å²) in [6, 6.07) is 0. The Bertz CT molecular complexity index is 268. The Balaban J connectivity index is 4.33. The molecule has 1 unspecified atom stereocenters. The predicted octanol–water partition coefficient (Wildman–Crippen LogP) is -0.0965. The highest BCUT2D eigenvalue weighted by Crippen LogP contribution is 2.15. The highest BCUT2D eigenvalue weighted by molar-refractivity contribution is 5.85. The molecule has 0 aromatic heterocycles. The average Bonchev–Trinajstić information content (AvgIpc) is 2.21. The van der Waals surface area contributed by atoms with Gasteiger partial charge in [-0.05, 0) is 5.92 Å². The molecule has 0 saturated carbocycles. The molecule has 15 heavy (non-hydrogen) atoms. The van der Waals surface area contributed by atoms with E-state index in [0.717, 1.165) is 0 Å². The maximum Gasteiger partial charge on any atom is 0.244 e. The van der Waals surface area contributed by atoms with Crippen LogP contribution in [0.25, 0.3) is 0 Å². The molecule has 5 nitrogen and oxygen atoms in total. The van der Waals surface area contributed by atoms with Crippen LogP contribution in [0.4, 0.5) is 0 Å². The van der Waals surface area contributed by atoms with Crippen LogP contribution in [0.1, 0.15) is 20.3 Å². The average molecular weight is 212 g/mol. The summed E-state index contributed by atoms with van der Waals surface area (Å²) in [5.41, 5.74) is 1.50. The molecule has 3 N–H and O–H groups in total. The van der Waals surface area contributed by atoms with E-state index in [1.54, 1.807) is 0 Å². The van der Waals surface area contributed by atoms with Gasteiger partial charge in [0.05, 0.1) is 6.54 Å². The second-order valence-corrected chi connectivity index (χ2v) is 3.51. The quantitative estimate of drug-likeness (QED) is 0.338. The van der Waals surface area contributed by atoms with Crippen LogP contribution in [-0.4, -0.2) is 23.6 Å². The number of nitrogens with one attached hydrogen (secondary N) is 2. The van der Waals surface area contributed by atoms with Crippen molar-refractivity contribution in [3.63, 3.8) is 0 Å². The van der Waals surface area contributed by atoms with Gasteiger partial charge in [-0.15, -0.1) is 6.42 Å². The third kappa shape index (κ3) is 5.03. The van der Waals surface area contributed by atoms with Crippen LogP contribution in [-0.2, 0) is 9.59 Å². The molecule has 2 amide bonds. The fourth-order valence-electron chi connectivity index (χ4n) is 1.15. The summed E-state index contributed by atoms with van der Waals surface area (Å²) in [5, 5.41) is 10.9. The lowest BCUT2D eigenvalue weighted by molar-refractivity contribution is -0.135. The van der Waals surface area contributed by atoms with Crippen LogP contribution in [0.3, 0.4) is 0 Å². The highest BCUT2D eigenvalue weighted by Gasteiger charge is 2.24. The second-order valence-electron chi connectivity index (χ2n) is 3.51. The summed E-state index contributed by atoms with van der Waals surface area (Å²) in [6.07, 6.45) is 4.95. The molecule has 0 aliphatic heterocycles. The van der Waals surface area contributed by atoms with Gasteiger partial charge in [-0.2, -0.15) is 0 Å². The predicted molar refractivity (Wildman–Crippen MR) is 54.7 cm³/mol. The van der Waals surface area contributed by atoms with Crippen molar-refractivity contribution in [2.45, 2.75) is 20.3 Å². The molecular formula is C10H16N2O3. The van der Waals surface area contributed by atoms with Crippen LogP contribution in [0.2, 0.25) is 0 Å². The molecule has 0 heterocycles. The van der Waals surface area contributed by atoms with Gasteiger partial charge in [-0.1, -0.05) is 19.8 Å². The SMILES string of the molecule is C#CCNC(=O)C(CC(=O)NO)C(C)C. The summed E-state index contributed by atoms with van der Waals surface area (Å²) >= 11 is 0. The molecule has 0 radical (unpaired) electrons. The summed E-state index contributed by atoms with van der Waals surface area (Å²) in [4.78, 5) is 22.5. The lowest BCUT2D eigenvalue weighted by Gasteiger charge is -2.18. The summed E-state index contributed by atoms with van der Waals surface area (Å²) in [5.74, 6) is 0.946. The Morgan fingerprint density at radius 1 is 1.47 bits per heavy atom. The van der Waals surface area contributed by atoms with Crippen LogP contribution in [0.15, 0.2) is 0 Å².